The van der Waals surface area contributed by atoms with E-state index in [1.807, 2.05) is 5.32 Å². The van der Waals surface area contributed by atoms with E-state index in [0.717, 1.165) is 0 Å². The Morgan fingerprint density at radius 1 is 1.67 bits per heavy atom. The lowest BCUT2D eigenvalue weighted by Gasteiger charge is -2.03. The second kappa shape index (κ2) is 5.35. The third-order valence-corrected chi connectivity index (χ3v) is 1.55. The highest BCUT2D eigenvalue weighted by atomic mass is 19.3. The van der Waals surface area contributed by atoms with E-state index in [0.29, 0.717) is 5.69 Å². The molecular weight excluding hydrogens is 208 g/mol. The molecule has 0 radical (unpaired) electrons. The second-order valence-electron chi connectivity index (χ2n) is 2.81. The number of nitrogens with two attached hydrogens (primary N) is 1. The molecule has 0 aromatic carbocycles. The Labute approximate surface area is 84.4 Å². The first kappa shape index (κ1) is 11.5. The van der Waals surface area contributed by atoms with Crippen molar-refractivity contribution in [2.75, 3.05) is 6.54 Å². The predicted molar refractivity (Wildman–Crippen MR) is 46.9 cm³/mol. The van der Waals surface area contributed by atoms with Crippen LogP contribution in [0.4, 0.5) is 8.78 Å². The molecule has 0 aliphatic rings. The summed E-state index contributed by atoms with van der Waals surface area (Å²) in [5, 5.41) is 9.28. The van der Waals surface area contributed by atoms with Crippen LogP contribution in [0, 0.1) is 0 Å². The summed E-state index contributed by atoms with van der Waals surface area (Å²) in [7, 11) is 0. The Bertz CT molecular complexity index is 327. The summed E-state index contributed by atoms with van der Waals surface area (Å²) in [5.74, 6) is -0.538. The average Bonchev–Trinajstić information content (AvgIpc) is 2.62. The zero-order valence-corrected chi connectivity index (χ0v) is 7.86. The highest BCUT2D eigenvalue weighted by molar-refractivity contribution is 5.75. The lowest BCUT2D eigenvalue weighted by atomic mass is 10.5. The average molecular weight is 219 g/mol. The summed E-state index contributed by atoms with van der Waals surface area (Å²) >= 11 is 0. The first-order valence-corrected chi connectivity index (χ1v) is 4.25. The number of halogens is 2. The van der Waals surface area contributed by atoms with Gasteiger partial charge in [-0.3, -0.25) is 4.79 Å². The van der Waals surface area contributed by atoms with Crippen LogP contribution in [0.25, 0.3) is 0 Å². The first-order valence-electron chi connectivity index (χ1n) is 4.25. The van der Waals surface area contributed by atoms with Crippen LogP contribution in [0.1, 0.15) is 5.69 Å². The van der Waals surface area contributed by atoms with Crippen molar-refractivity contribution in [2.45, 2.75) is 19.5 Å². The van der Waals surface area contributed by atoms with Crippen LogP contribution < -0.4 is 11.1 Å². The van der Waals surface area contributed by atoms with Crippen molar-refractivity contribution < 1.29 is 13.6 Å². The fourth-order valence-corrected chi connectivity index (χ4v) is 0.903. The molecule has 6 nitrogen and oxygen atoms in total. The molecule has 0 spiro atoms. The molecule has 0 aliphatic carbocycles. The quantitative estimate of drug-likeness (QED) is 0.673. The van der Waals surface area contributed by atoms with E-state index in [-0.39, 0.29) is 13.1 Å². The van der Waals surface area contributed by atoms with Gasteiger partial charge in [0.1, 0.15) is 6.54 Å². The molecule has 15 heavy (non-hydrogen) atoms. The highest BCUT2D eigenvalue weighted by Crippen LogP contribution is 1.91. The Balaban J connectivity index is 2.37. The Kier molecular flexibility index (Phi) is 4.10. The normalized spacial score (nSPS) is 10.7. The Hall–Kier alpha value is -1.57. The summed E-state index contributed by atoms with van der Waals surface area (Å²) in [5.41, 5.74) is 5.82. The highest BCUT2D eigenvalue weighted by Gasteiger charge is 2.08. The standard InChI is InChI=1S/C7H11F2N5O/c8-6(9)2-11-7(15)4-14-3-5(1-10)12-13-14/h3,6H,1-2,4,10H2,(H,11,15). The van der Waals surface area contributed by atoms with Gasteiger partial charge in [-0.25, -0.2) is 13.5 Å². The third-order valence-electron chi connectivity index (χ3n) is 1.55. The molecule has 0 fully saturated rings. The van der Waals surface area contributed by atoms with Crippen LogP contribution in [-0.4, -0.2) is 33.9 Å². The SMILES string of the molecule is NCc1cn(CC(=O)NCC(F)F)nn1. The van der Waals surface area contributed by atoms with Crippen LogP contribution in [0.15, 0.2) is 6.20 Å². The topological polar surface area (TPSA) is 85.8 Å². The van der Waals surface area contributed by atoms with Crippen molar-refractivity contribution in [3.8, 4) is 0 Å². The van der Waals surface area contributed by atoms with Gasteiger partial charge >= 0.3 is 0 Å². The zero-order valence-electron chi connectivity index (χ0n) is 7.86. The van der Waals surface area contributed by atoms with Crippen molar-refractivity contribution in [1.29, 1.82) is 0 Å². The predicted octanol–water partition coefficient (Wildman–Crippen LogP) is -0.882. The number of hydrogen-bond donors (Lipinski definition) is 2. The van der Waals surface area contributed by atoms with Gasteiger partial charge in [0.15, 0.2) is 0 Å². The van der Waals surface area contributed by atoms with Crippen LogP contribution >= 0.6 is 0 Å². The van der Waals surface area contributed by atoms with Gasteiger partial charge in [0.2, 0.25) is 5.91 Å². The molecule has 1 heterocycles. The Morgan fingerprint density at radius 2 is 2.40 bits per heavy atom. The molecule has 0 atom stereocenters. The number of rotatable bonds is 5. The fourth-order valence-electron chi connectivity index (χ4n) is 0.903. The summed E-state index contributed by atoms with van der Waals surface area (Å²) in [4.78, 5) is 11.1. The van der Waals surface area contributed by atoms with E-state index in [4.69, 9.17) is 5.73 Å². The molecule has 0 aliphatic heterocycles. The van der Waals surface area contributed by atoms with Gasteiger partial charge in [-0.05, 0) is 0 Å². The molecule has 3 N–H and O–H groups in total. The number of alkyl halides is 2. The van der Waals surface area contributed by atoms with Crippen molar-refractivity contribution in [3.63, 3.8) is 0 Å². The lowest BCUT2D eigenvalue weighted by Crippen LogP contribution is -2.31. The fraction of sp³-hybridized carbons (Fsp3) is 0.571. The number of nitrogens with zero attached hydrogens (tertiary/aromatic N) is 3. The number of hydrogen-bond acceptors (Lipinski definition) is 4. The number of carbonyl (C=O) groups is 1. The van der Waals surface area contributed by atoms with Gasteiger partial charge in [0.05, 0.1) is 18.4 Å². The minimum Gasteiger partial charge on any atom is -0.349 e. The van der Waals surface area contributed by atoms with Crippen LogP contribution in [0.5, 0.6) is 0 Å². The lowest BCUT2D eigenvalue weighted by molar-refractivity contribution is -0.122. The molecule has 0 bridgehead atoms. The van der Waals surface area contributed by atoms with E-state index < -0.39 is 18.9 Å². The van der Waals surface area contributed by atoms with Crippen LogP contribution in [0.3, 0.4) is 0 Å². The summed E-state index contributed by atoms with van der Waals surface area (Å²) < 4.78 is 24.7. The first-order chi connectivity index (χ1) is 7.11. The molecule has 8 heteroatoms. The molecule has 0 unspecified atom stereocenters. The largest absolute Gasteiger partial charge is 0.349 e. The van der Waals surface area contributed by atoms with E-state index in [1.54, 1.807) is 0 Å². The second-order valence-corrected chi connectivity index (χ2v) is 2.81. The van der Waals surface area contributed by atoms with E-state index >= 15 is 0 Å². The molecule has 0 saturated carbocycles. The molecule has 1 aromatic heterocycles. The maximum Gasteiger partial charge on any atom is 0.255 e. The number of carbonyl (C=O) groups excluding carboxylic acids is 1. The van der Waals surface area contributed by atoms with Crippen molar-refractivity contribution >= 4 is 5.91 Å². The summed E-state index contributed by atoms with van der Waals surface area (Å²) in [6, 6.07) is 0. The summed E-state index contributed by atoms with van der Waals surface area (Å²) in [6.07, 6.45) is -1.06. The molecule has 1 amide bonds. The number of aromatic nitrogens is 3. The van der Waals surface area contributed by atoms with Crippen molar-refractivity contribution in [1.82, 2.24) is 20.3 Å². The maximum absolute atomic E-state index is 11.7. The maximum atomic E-state index is 11.7. The Morgan fingerprint density at radius 3 is 2.93 bits per heavy atom. The number of amides is 1. The van der Waals surface area contributed by atoms with Gasteiger partial charge in [0, 0.05) is 6.54 Å². The smallest absolute Gasteiger partial charge is 0.255 e. The van der Waals surface area contributed by atoms with Gasteiger partial charge in [-0.15, -0.1) is 5.10 Å². The molecule has 0 saturated heterocycles. The molecule has 84 valence electrons. The van der Waals surface area contributed by atoms with Gasteiger partial charge in [-0.2, -0.15) is 0 Å². The molecule has 1 aromatic rings. The van der Waals surface area contributed by atoms with E-state index in [2.05, 4.69) is 10.3 Å². The van der Waals surface area contributed by atoms with Gasteiger partial charge in [-0.1, -0.05) is 5.21 Å². The van der Waals surface area contributed by atoms with Gasteiger partial charge < -0.3 is 11.1 Å². The van der Waals surface area contributed by atoms with Crippen molar-refractivity contribution in [3.05, 3.63) is 11.9 Å². The van der Waals surface area contributed by atoms with E-state index in [9.17, 15) is 13.6 Å². The molecular formula is C7H11F2N5O. The monoisotopic (exact) mass is 219 g/mol. The minimum atomic E-state index is -2.55. The van der Waals surface area contributed by atoms with E-state index in [1.165, 1.54) is 10.9 Å². The zero-order chi connectivity index (χ0) is 11.3. The summed E-state index contributed by atoms with van der Waals surface area (Å²) in [6.45, 7) is -0.574. The number of nitrogens with one attached hydrogen (secondary N) is 1. The minimum absolute atomic E-state index is 0.139. The molecule has 1 rings (SSSR count). The van der Waals surface area contributed by atoms with Crippen molar-refractivity contribution in [2.24, 2.45) is 5.73 Å². The van der Waals surface area contributed by atoms with Gasteiger partial charge in [0.25, 0.3) is 6.43 Å². The van der Waals surface area contributed by atoms with Crippen LogP contribution in [0.2, 0.25) is 0 Å². The van der Waals surface area contributed by atoms with Crippen LogP contribution in [-0.2, 0) is 17.9 Å². The third kappa shape index (κ3) is 3.98.